The van der Waals surface area contributed by atoms with Crippen LogP contribution in [0.2, 0.25) is 0 Å². The first-order chi connectivity index (χ1) is 8.94. The van der Waals surface area contributed by atoms with Gasteiger partial charge in [-0.2, -0.15) is 0 Å². The van der Waals surface area contributed by atoms with Crippen molar-refractivity contribution in [3.05, 3.63) is 35.9 Å². The van der Waals surface area contributed by atoms with E-state index in [4.69, 9.17) is 9.84 Å². The molecule has 0 heterocycles. The largest absolute Gasteiger partial charge is 0.396 e. The molecule has 0 saturated carbocycles. The number of hydrogen-bond acceptors (Lipinski definition) is 3. The van der Waals surface area contributed by atoms with Crippen LogP contribution in [0.25, 0.3) is 0 Å². The van der Waals surface area contributed by atoms with E-state index in [1.54, 1.807) is 6.92 Å². The van der Waals surface area contributed by atoms with E-state index in [-0.39, 0.29) is 17.9 Å². The first-order valence-electron chi connectivity index (χ1n) is 6.49. The highest BCUT2D eigenvalue weighted by Crippen LogP contribution is 2.11. The fraction of sp³-hybridized carbons (Fsp3) is 0.533. The van der Waals surface area contributed by atoms with E-state index in [0.717, 1.165) is 5.56 Å². The van der Waals surface area contributed by atoms with Gasteiger partial charge in [-0.3, -0.25) is 4.79 Å². The van der Waals surface area contributed by atoms with Crippen LogP contribution in [0.15, 0.2) is 30.3 Å². The van der Waals surface area contributed by atoms with Crippen molar-refractivity contribution >= 4 is 5.91 Å². The molecule has 1 atom stereocenters. The van der Waals surface area contributed by atoms with Crippen LogP contribution in [-0.2, 0) is 16.1 Å². The zero-order chi connectivity index (χ0) is 14.3. The minimum absolute atomic E-state index is 0.0343. The number of carbonyl (C=O) groups is 1. The molecule has 0 bridgehead atoms. The quantitative estimate of drug-likeness (QED) is 0.789. The molecule has 0 radical (unpaired) electrons. The van der Waals surface area contributed by atoms with E-state index in [0.29, 0.717) is 13.2 Å². The second-order valence-corrected chi connectivity index (χ2v) is 5.48. The Morgan fingerprint density at radius 2 is 2.00 bits per heavy atom. The lowest BCUT2D eigenvalue weighted by atomic mass is 9.95. The number of amides is 1. The molecule has 4 heteroatoms. The van der Waals surface area contributed by atoms with E-state index < -0.39 is 6.10 Å². The molecule has 1 aromatic rings. The second kappa shape index (κ2) is 7.26. The highest BCUT2D eigenvalue weighted by molar-refractivity contribution is 5.80. The Kier molecular flexibility index (Phi) is 5.99. The van der Waals surface area contributed by atoms with Gasteiger partial charge in [0.1, 0.15) is 6.10 Å². The maximum absolute atomic E-state index is 11.8. The summed E-state index contributed by atoms with van der Waals surface area (Å²) >= 11 is 0. The number of benzene rings is 1. The zero-order valence-corrected chi connectivity index (χ0v) is 11.8. The average molecular weight is 265 g/mol. The van der Waals surface area contributed by atoms with Crippen LogP contribution in [0.4, 0.5) is 0 Å². The van der Waals surface area contributed by atoms with Crippen molar-refractivity contribution in [1.29, 1.82) is 0 Å². The summed E-state index contributed by atoms with van der Waals surface area (Å²) in [6, 6.07) is 9.73. The first kappa shape index (κ1) is 15.7. The van der Waals surface area contributed by atoms with Crippen molar-refractivity contribution in [1.82, 2.24) is 5.32 Å². The Morgan fingerprint density at radius 1 is 1.37 bits per heavy atom. The molecular formula is C15H23NO3. The summed E-state index contributed by atoms with van der Waals surface area (Å²) < 4.78 is 5.51. The van der Waals surface area contributed by atoms with Gasteiger partial charge in [0.05, 0.1) is 6.61 Å². The fourth-order valence-electron chi connectivity index (χ4n) is 1.40. The minimum atomic E-state index is -0.505. The van der Waals surface area contributed by atoms with E-state index >= 15 is 0 Å². The summed E-state index contributed by atoms with van der Waals surface area (Å²) in [5.41, 5.74) is 0.729. The summed E-state index contributed by atoms with van der Waals surface area (Å²) in [5, 5.41) is 11.9. The first-order valence-corrected chi connectivity index (χ1v) is 6.49. The van der Waals surface area contributed by atoms with Gasteiger partial charge in [0, 0.05) is 18.6 Å². The topological polar surface area (TPSA) is 58.6 Å². The number of aliphatic hydroxyl groups is 1. The molecular weight excluding hydrogens is 242 g/mol. The smallest absolute Gasteiger partial charge is 0.248 e. The van der Waals surface area contributed by atoms with Gasteiger partial charge >= 0.3 is 0 Å². The summed E-state index contributed by atoms with van der Waals surface area (Å²) in [6.45, 7) is 6.39. The van der Waals surface area contributed by atoms with Crippen molar-refractivity contribution in [2.75, 3.05) is 13.2 Å². The van der Waals surface area contributed by atoms with Crippen molar-refractivity contribution < 1.29 is 14.6 Å². The zero-order valence-electron chi connectivity index (χ0n) is 11.8. The predicted molar refractivity (Wildman–Crippen MR) is 74.6 cm³/mol. The lowest BCUT2D eigenvalue weighted by Gasteiger charge is -2.23. The molecule has 1 rings (SSSR count). The normalized spacial score (nSPS) is 13.1. The van der Waals surface area contributed by atoms with Gasteiger partial charge < -0.3 is 15.2 Å². The molecule has 0 aliphatic heterocycles. The van der Waals surface area contributed by atoms with Crippen LogP contribution in [0.5, 0.6) is 0 Å². The minimum Gasteiger partial charge on any atom is -0.396 e. The molecule has 0 saturated heterocycles. The highest BCUT2D eigenvalue weighted by Gasteiger charge is 2.20. The van der Waals surface area contributed by atoms with Crippen molar-refractivity contribution in [2.45, 2.75) is 33.5 Å². The molecule has 1 aromatic carbocycles. The maximum atomic E-state index is 11.8. The Balaban J connectivity index is 2.33. The van der Waals surface area contributed by atoms with Crippen LogP contribution >= 0.6 is 0 Å². The Labute approximate surface area is 114 Å². The summed E-state index contributed by atoms with van der Waals surface area (Å²) in [7, 11) is 0. The van der Waals surface area contributed by atoms with E-state index in [2.05, 4.69) is 5.32 Å². The number of aliphatic hydroxyl groups excluding tert-OH is 1. The second-order valence-electron chi connectivity index (χ2n) is 5.48. The van der Waals surface area contributed by atoms with Crippen molar-refractivity contribution in [2.24, 2.45) is 5.41 Å². The van der Waals surface area contributed by atoms with Crippen LogP contribution < -0.4 is 5.32 Å². The Bertz CT molecular complexity index is 390. The SMILES string of the molecule is CC(OCc1ccccc1)C(=O)NCC(C)(C)CO. The Morgan fingerprint density at radius 3 is 2.58 bits per heavy atom. The third-order valence-electron chi connectivity index (χ3n) is 2.88. The molecule has 0 aliphatic rings. The van der Waals surface area contributed by atoms with Crippen LogP contribution in [0, 0.1) is 5.41 Å². The number of rotatable bonds is 7. The third-order valence-corrected chi connectivity index (χ3v) is 2.88. The van der Waals surface area contributed by atoms with Crippen molar-refractivity contribution in [3.8, 4) is 0 Å². The van der Waals surface area contributed by atoms with Gasteiger partial charge in [-0.1, -0.05) is 44.2 Å². The van der Waals surface area contributed by atoms with Gasteiger partial charge in [-0.15, -0.1) is 0 Å². The van der Waals surface area contributed by atoms with E-state index in [1.165, 1.54) is 0 Å². The monoisotopic (exact) mass is 265 g/mol. The molecule has 0 aliphatic carbocycles. The summed E-state index contributed by atoms with van der Waals surface area (Å²) in [5.74, 6) is -0.155. The number of hydrogen-bond donors (Lipinski definition) is 2. The van der Waals surface area contributed by atoms with E-state index in [9.17, 15) is 4.79 Å². The lowest BCUT2D eigenvalue weighted by Crippen LogP contribution is -2.41. The average Bonchev–Trinajstić information content (AvgIpc) is 2.43. The Hall–Kier alpha value is -1.39. The highest BCUT2D eigenvalue weighted by atomic mass is 16.5. The molecule has 1 unspecified atom stereocenters. The van der Waals surface area contributed by atoms with Crippen molar-refractivity contribution in [3.63, 3.8) is 0 Å². The van der Waals surface area contributed by atoms with Crippen LogP contribution in [0.3, 0.4) is 0 Å². The lowest BCUT2D eigenvalue weighted by molar-refractivity contribution is -0.133. The number of nitrogens with one attached hydrogen (secondary N) is 1. The van der Waals surface area contributed by atoms with Crippen LogP contribution in [0.1, 0.15) is 26.3 Å². The molecule has 0 fully saturated rings. The van der Waals surface area contributed by atoms with Gasteiger partial charge in [-0.25, -0.2) is 0 Å². The standard InChI is InChI=1S/C15H23NO3/c1-12(14(18)16-10-15(2,3)11-17)19-9-13-7-5-4-6-8-13/h4-8,12,17H,9-11H2,1-3H3,(H,16,18). The fourth-order valence-corrected chi connectivity index (χ4v) is 1.40. The number of ether oxygens (including phenoxy) is 1. The van der Waals surface area contributed by atoms with Gasteiger partial charge in [0.25, 0.3) is 0 Å². The molecule has 0 aromatic heterocycles. The summed E-state index contributed by atoms with van der Waals surface area (Å²) in [4.78, 5) is 11.8. The van der Waals surface area contributed by atoms with Gasteiger partial charge in [0.2, 0.25) is 5.91 Å². The van der Waals surface area contributed by atoms with E-state index in [1.807, 2.05) is 44.2 Å². The molecule has 106 valence electrons. The maximum Gasteiger partial charge on any atom is 0.248 e. The predicted octanol–water partition coefficient (Wildman–Crippen LogP) is 1.73. The third kappa shape index (κ3) is 5.85. The molecule has 19 heavy (non-hydrogen) atoms. The summed E-state index contributed by atoms with van der Waals surface area (Å²) in [6.07, 6.45) is -0.505. The van der Waals surface area contributed by atoms with Gasteiger partial charge in [0.15, 0.2) is 0 Å². The molecule has 1 amide bonds. The van der Waals surface area contributed by atoms with Gasteiger partial charge in [-0.05, 0) is 12.5 Å². The molecule has 2 N–H and O–H groups in total. The molecule has 0 spiro atoms. The number of carbonyl (C=O) groups excluding carboxylic acids is 1. The van der Waals surface area contributed by atoms with Crippen LogP contribution in [-0.4, -0.2) is 30.3 Å². The molecule has 4 nitrogen and oxygen atoms in total.